The number of aryl methyl sites for hydroxylation is 1. The van der Waals surface area contributed by atoms with Crippen LogP contribution in [0.2, 0.25) is 0 Å². The molecule has 1 heterocycles. The fraction of sp³-hybridized carbons (Fsp3) is 0.643. The van der Waals surface area contributed by atoms with E-state index in [2.05, 4.69) is 6.92 Å². The summed E-state index contributed by atoms with van der Waals surface area (Å²) < 4.78 is 7.57. The molecule has 1 rings (SSSR count). The van der Waals surface area contributed by atoms with Crippen LogP contribution in [0.25, 0.3) is 0 Å². The van der Waals surface area contributed by atoms with Gasteiger partial charge in [-0.3, -0.25) is 4.79 Å². The second kappa shape index (κ2) is 6.01. The monoisotopic (exact) mass is 237 g/mol. The van der Waals surface area contributed by atoms with Crippen molar-refractivity contribution in [2.75, 3.05) is 6.61 Å². The zero-order valence-electron chi connectivity index (χ0n) is 11.5. The second-order valence-electron chi connectivity index (χ2n) is 4.68. The van der Waals surface area contributed by atoms with Gasteiger partial charge in [0.2, 0.25) is 0 Å². The normalized spacial score (nSPS) is 12.8. The molecule has 0 bridgehead atoms. The van der Waals surface area contributed by atoms with Crippen LogP contribution >= 0.6 is 0 Å². The molecule has 96 valence electrons. The van der Waals surface area contributed by atoms with Crippen LogP contribution in [0.4, 0.5) is 0 Å². The van der Waals surface area contributed by atoms with Crippen LogP contribution in [0.15, 0.2) is 6.07 Å². The minimum atomic E-state index is 0.0779. The first-order chi connectivity index (χ1) is 7.97. The molecule has 0 amide bonds. The second-order valence-corrected chi connectivity index (χ2v) is 4.68. The number of carbonyl (C=O) groups is 1. The van der Waals surface area contributed by atoms with Gasteiger partial charge in [-0.05, 0) is 33.3 Å². The van der Waals surface area contributed by atoms with Crippen molar-refractivity contribution >= 4 is 5.78 Å². The molecule has 0 aliphatic carbocycles. The van der Waals surface area contributed by atoms with Gasteiger partial charge in [-0.15, -0.1) is 0 Å². The largest absolute Gasteiger partial charge is 0.370 e. The predicted molar refractivity (Wildman–Crippen MR) is 69.5 cm³/mol. The average molecular weight is 237 g/mol. The molecule has 0 N–H and O–H groups in total. The maximum absolute atomic E-state index is 12.0. The molecule has 1 atom stereocenters. The molecule has 0 aromatic carbocycles. The van der Waals surface area contributed by atoms with Gasteiger partial charge in [-0.2, -0.15) is 0 Å². The van der Waals surface area contributed by atoms with E-state index in [0.29, 0.717) is 0 Å². The average Bonchev–Trinajstić information content (AvgIpc) is 2.54. The summed E-state index contributed by atoms with van der Waals surface area (Å²) in [5.41, 5.74) is 2.90. The highest BCUT2D eigenvalue weighted by Crippen LogP contribution is 2.14. The fourth-order valence-corrected chi connectivity index (χ4v) is 1.92. The molecule has 3 heteroatoms. The molecule has 0 fully saturated rings. The van der Waals surface area contributed by atoms with E-state index in [0.717, 1.165) is 29.8 Å². The standard InChI is InChI=1S/C14H23NO2/c1-6-7-11(3)17-9-14(16)13-8-10(2)15(5)12(13)4/h8,11H,6-7,9H2,1-5H3. The highest BCUT2D eigenvalue weighted by Gasteiger charge is 2.14. The molecule has 0 saturated carbocycles. The number of aromatic nitrogens is 1. The Kier molecular flexibility index (Phi) is 4.94. The van der Waals surface area contributed by atoms with Crippen LogP contribution in [0.3, 0.4) is 0 Å². The van der Waals surface area contributed by atoms with Gasteiger partial charge in [0.25, 0.3) is 0 Å². The lowest BCUT2D eigenvalue weighted by atomic mass is 10.1. The topological polar surface area (TPSA) is 31.2 Å². The molecule has 0 saturated heterocycles. The van der Waals surface area contributed by atoms with E-state index < -0.39 is 0 Å². The van der Waals surface area contributed by atoms with E-state index >= 15 is 0 Å². The minimum Gasteiger partial charge on any atom is -0.370 e. The summed E-state index contributed by atoms with van der Waals surface area (Å²) in [4.78, 5) is 12.0. The Labute approximate surface area is 104 Å². The van der Waals surface area contributed by atoms with Crippen LogP contribution in [0.1, 0.15) is 48.4 Å². The van der Waals surface area contributed by atoms with E-state index in [-0.39, 0.29) is 18.5 Å². The zero-order valence-corrected chi connectivity index (χ0v) is 11.5. The third-order valence-electron chi connectivity index (χ3n) is 3.27. The molecule has 0 aliphatic rings. The van der Waals surface area contributed by atoms with Crippen molar-refractivity contribution in [3.8, 4) is 0 Å². The van der Waals surface area contributed by atoms with E-state index in [1.54, 1.807) is 0 Å². The van der Waals surface area contributed by atoms with Gasteiger partial charge in [0.15, 0.2) is 5.78 Å². The first kappa shape index (κ1) is 14.0. The van der Waals surface area contributed by atoms with Gasteiger partial charge >= 0.3 is 0 Å². The maximum Gasteiger partial charge on any atom is 0.190 e. The third kappa shape index (κ3) is 3.43. The number of ether oxygens (including phenoxy) is 1. The Bertz CT molecular complexity index is 393. The number of nitrogens with zero attached hydrogens (tertiary/aromatic N) is 1. The molecule has 1 unspecified atom stereocenters. The Morgan fingerprint density at radius 1 is 1.47 bits per heavy atom. The van der Waals surface area contributed by atoms with Gasteiger partial charge in [-0.1, -0.05) is 13.3 Å². The molecule has 17 heavy (non-hydrogen) atoms. The summed E-state index contributed by atoms with van der Waals surface area (Å²) in [6.45, 7) is 8.29. The Hall–Kier alpha value is -1.09. The van der Waals surface area contributed by atoms with Crippen molar-refractivity contribution in [3.63, 3.8) is 0 Å². The smallest absolute Gasteiger partial charge is 0.190 e. The SMILES string of the molecule is CCCC(C)OCC(=O)c1cc(C)n(C)c1C. The number of hydrogen-bond acceptors (Lipinski definition) is 2. The van der Waals surface area contributed by atoms with E-state index in [9.17, 15) is 4.79 Å². The summed E-state index contributed by atoms with van der Waals surface area (Å²) in [6, 6.07) is 1.94. The molecule has 0 radical (unpaired) electrons. The van der Waals surface area contributed by atoms with Gasteiger partial charge in [-0.25, -0.2) is 0 Å². The number of hydrogen-bond donors (Lipinski definition) is 0. The Balaban J connectivity index is 2.61. The lowest BCUT2D eigenvalue weighted by Gasteiger charge is -2.11. The lowest BCUT2D eigenvalue weighted by Crippen LogP contribution is -2.16. The van der Waals surface area contributed by atoms with Crippen molar-refractivity contribution in [1.29, 1.82) is 0 Å². The van der Waals surface area contributed by atoms with Crippen molar-refractivity contribution in [2.45, 2.75) is 46.6 Å². The maximum atomic E-state index is 12.0. The van der Waals surface area contributed by atoms with Crippen molar-refractivity contribution < 1.29 is 9.53 Å². The van der Waals surface area contributed by atoms with Gasteiger partial charge in [0.05, 0.1) is 6.10 Å². The predicted octanol–water partition coefficient (Wildman–Crippen LogP) is 3.03. The quantitative estimate of drug-likeness (QED) is 0.712. The van der Waals surface area contributed by atoms with Gasteiger partial charge in [0.1, 0.15) is 6.61 Å². The van der Waals surface area contributed by atoms with Crippen LogP contribution < -0.4 is 0 Å². The van der Waals surface area contributed by atoms with E-state index in [1.165, 1.54) is 0 Å². The lowest BCUT2D eigenvalue weighted by molar-refractivity contribution is 0.0490. The van der Waals surface area contributed by atoms with Gasteiger partial charge < -0.3 is 9.30 Å². The summed E-state index contributed by atoms with van der Waals surface area (Å²) >= 11 is 0. The summed E-state index contributed by atoms with van der Waals surface area (Å²) in [6.07, 6.45) is 2.24. The summed E-state index contributed by atoms with van der Waals surface area (Å²) in [7, 11) is 1.97. The highest BCUT2D eigenvalue weighted by molar-refractivity contribution is 5.98. The van der Waals surface area contributed by atoms with Crippen LogP contribution in [-0.4, -0.2) is 23.1 Å². The van der Waals surface area contributed by atoms with Crippen LogP contribution in [0, 0.1) is 13.8 Å². The molecular weight excluding hydrogens is 214 g/mol. The van der Waals surface area contributed by atoms with Gasteiger partial charge in [0, 0.05) is 24.0 Å². The number of Topliss-reactive ketones (excluding diaryl/α,β-unsaturated/α-hetero) is 1. The van der Waals surface area contributed by atoms with Crippen LogP contribution in [0.5, 0.6) is 0 Å². The summed E-state index contributed by atoms with van der Waals surface area (Å²) in [5.74, 6) is 0.0779. The molecular formula is C14H23NO2. The molecule has 0 aliphatic heterocycles. The molecule has 0 spiro atoms. The van der Waals surface area contributed by atoms with Crippen molar-refractivity contribution in [2.24, 2.45) is 7.05 Å². The minimum absolute atomic E-state index is 0.0779. The van der Waals surface area contributed by atoms with Crippen molar-refractivity contribution in [3.05, 3.63) is 23.0 Å². The summed E-state index contributed by atoms with van der Waals surface area (Å²) in [5, 5.41) is 0. The number of carbonyl (C=O) groups excluding carboxylic acids is 1. The third-order valence-corrected chi connectivity index (χ3v) is 3.27. The van der Waals surface area contributed by atoms with Crippen molar-refractivity contribution in [1.82, 2.24) is 4.57 Å². The van der Waals surface area contributed by atoms with E-state index in [1.807, 2.05) is 38.5 Å². The first-order valence-corrected chi connectivity index (χ1v) is 6.25. The van der Waals surface area contributed by atoms with E-state index in [4.69, 9.17) is 4.74 Å². The molecule has 1 aromatic rings. The van der Waals surface area contributed by atoms with Crippen LogP contribution in [-0.2, 0) is 11.8 Å². The molecule has 1 aromatic heterocycles. The first-order valence-electron chi connectivity index (χ1n) is 6.25. The highest BCUT2D eigenvalue weighted by atomic mass is 16.5. The number of rotatable bonds is 6. The Morgan fingerprint density at radius 2 is 2.12 bits per heavy atom. The number of ketones is 1. The molecule has 3 nitrogen and oxygen atoms in total. The fourth-order valence-electron chi connectivity index (χ4n) is 1.92. The Morgan fingerprint density at radius 3 is 2.59 bits per heavy atom. The zero-order chi connectivity index (χ0) is 13.0.